The van der Waals surface area contributed by atoms with Gasteiger partial charge < -0.3 is 0 Å². The second kappa shape index (κ2) is 2.36. The fourth-order valence-electron chi connectivity index (χ4n) is 0.618. The zero-order valence-corrected chi connectivity index (χ0v) is 5.31. The van der Waals surface area contributed by atoms with Crippen LogP contribution < -0.4 is 0 Å². The van der Waals surface area contributed by atoms with Gasteiger partial charge in [0.15, 0.2) is 0 Å². The largest absolute Gasteiger partial charge is 0.270 e. The molecule has 0 amide bonds. The Morgan fingerprint density at radius 2 is 2.67 bits per heavy atom. The molecule has 0 aromatic carbocycles. The van der Waals surface area contributed by atoms with E-state index in [-0.39, 0.29) is 0 Å². The van der Waals surface area contributed by atoms with Gasteiger partial charge in [-0.1, -0.05) is 12.8 Å². The molecule has 0 saturated carbocycles. The van der Waals surface area contributed by atoms with Crippen molar-refractivity contribution in [1.29, 1.82) is 0 Å². The minimum Gasteiger partial charge on any atom is -0.270 e. The summed E-state index contributed by atoms with van der Waals surface area (Å²) in [4.78, 5) is 0. The van der Waals surface area contributed by atoms with Crippen molar-refractivity contribution < 1.29 is 0 Å². The topological polar surface area (TPSA) is 28.7 Å². The molecule has 0 bridgehead atoms. The van der Waals surface area contributed by atoms with Crippen LogP contribution in [0.2, 0.25) is 0 Å². The first-order valence-corrected chi connectivity index (χ1v) is 2.87. The van der Waals surface area contributed by atoms with Crippen molar-refractivity contribution in [1.82, 2.24) is 10.2 Å². The van der Waals surface area contributed by atoms with Crippen LogP contribution in [-0.2, 0) is 6.42 Å². The van der Waals surface area contributed by atoms with Crippen molar-refractivity contribution in [3.8, 4) is 12.3 Å². The number of aryl methyl sites for hydroxylation is 1. The molecule has 0 atom stereocenters. The van der Waals surface area contributed by atoms with E-state index in [1.165, 1.54) is 0 Å². The molecule has 0 fully saturated rings. The number of aromatic amines is 1. The lowest BCUT2D eigenvalue weighted by Crippen LogP contribution is -1.76. The lowest BCUT2D eigenvalue weighted by atomic mass is 10.3. The summed E-state index contributed by atoms with van der Waals surface area (Å²) in [5.74, 6) is 2.46. The van der Waals surface area contributed by atoms with Gasteiger partial charge in [-0.05, 0) is 12.5 Å². The van der Waals surface area contributed by atoms with Crippen LogP contribution in [0.5, 0.6) is 0 Å². The van der Waals surface area contributed by atoms with E-state index in [4.69, 9.17) is 6.42 Å². The molecule has 2 nitrogen and oxygen atoms in total. The monoisotopic (exact) mass is 120 g/mol. The summed E-state index contributed by atoms with van der Waals surface area (Å²) in [5, 5.41) is 6.66. The number of rotatable bonds is 1. The van der Waals surface area contributed by atoms with E-state index in [1.54, 1.807) is 0 Å². The molecular formula is C7H8N2. The van der Waals surface area contributed by atoms with Gasteiger partial charge in [-0.25, -0.2) is 0 Å². The zero-order chi connectivity index (χ0) is 6.69. The van der Waals surface area contributed by atoms with Crippen LogP contribution in [0.15, 0.2) is 6.07 Å². The van der Waals surface area contributed by atoms with Gasteiger partial charge in [-0.3, -0.25) is 5.10 Å². The molecule has 1 N–H and O–H groups in total. The van der Waals surface area contributed by atoms with E-state index >= 15 is 0 Å². The lowest BCUT2D eigenvalue weighted by Gasteiger charge is -1.77. The summed E-state index contributed by atoms with van der Waals surface area (Å²) < 4.78 is 0. The predicted molar refractivity (Wildman–Crippen MR) is 35.9 cm³/mol. The number of nitrogens with one attached hydrogen (secondary N) is 1. The number of terminal acetylenes is 1. The van der Waals surface area contributed by atoms with Crippen LogP contribution in [0, 0.1) is 12.3 Å². The Hall–Kier alpha value is -1.23. The van der Waals surface area contributed by atoms with E-state index in [9.17, 15) is 0 Å². The molecule has 0 aliphatic carbocycles. The first kappa shape index (κ1) is 5.90. The van der Waals surface area contributed by atoms with E-state index in [1.807, 2.05) is 13.0 Å². The maximum absolute atomic E-state index is 5.10. The fraction of sp³-hybridized carbons (Fsp3) is 0.286. The number of H-pyrrole nitrogens is 1. The van der Waals surface area contributed by atoms with E-state index < -0.39 is 0 Å². The fourth-order valence-corrected chi connectivity index (χ4v) is 0.618. The summed E-state index contributed by atoms with van der Waals surface area (Å²) in [6, 6.07) is 1.88. The molecule has 0 aliphatic rings. The summed E-state index contributed by atoms with van der Waals surface area (Å²) in [7, 11) is 0. The van der Waals surface area contributed by atoms with Gasteiger partial charge in [-0.2, -0.15) is 5.10 Å². The molecular weight excluding hydrogens is 112 g/mol. The summed E-state index contributed by atoms with van der Waals surface area (Å²) in [6.07, 6.45) is 6.03. The Labute approximate surface area is 54.3 Å². The highest BCUT2D eigenvalue weighted by Gasteiger charge is 1.92. The molecule has 0 saturated heterocycles. The first-order chi connectivity index (χ1) is 4.36. The highest BCUT2D eigenvalue weighted by molar-refractivity contribution is 5.24. The van der Waals surface area contributed by atoms with Crippen molar-refractivity contribution in [2.45, 2.75) is 13.3 Å². The highest BCUT2D eigenvalue weighted by atomic mass is 15.1. The van der Waals surface area contributed by atoms with Crippen LogP contribution >= 0.6 is 0 Å². The third-order valence-electron chi connectivity index (χ3n) is 1.15. The van der Waals surface area contributed by atoms with E-state index in [2.05, 4.69) is 16.1 Å². The van der Waals surface area contributed by atoms with Gasteiger partial charge in [-0.15, -0.1) is 6.42 Å². The SMILES string of the molecule is C#Cc1cc(CC)n[nH]1. The van der Waals surface area contributed by atoms with Gasteiger partial charge in [0.05, 0.1) is 5.69 Å². The second-order valence-electron chi connectivity index (χ2n) is 1.77. The van der Waals surface area contributed by atoms with Gasteiger partial charge in [0.2, 0.25) is 0 Å². The quantitative estimate of drug-likeness (QED) is 0.549. The number of hydrogen-bond donors (Lipinski definition) is 1. The Morgan fingerprint density at radius 1 is 1.89 bits per heavy atom. The Balaban J connectivity index is 2.90. The standard InChI is InChI=1S/C7H8N2/c1-3-6-5-7(4-2)9-8-6/h1,5H,4H2,2H3,(H,8,9). The summed E-state index contributed by atoms with van der Waals surface area (Å²) in [5.41, 5.74) is 1.77. The Bertz CT molecular complexity index is 229. The minimum absolute atomic E-state index is 0.756. The van der Waals surface area contributed by atoms with Crippen molar-refractivity contribution in [2.24, 2.45) is 0 Å². The van der Waals surface area contributed by atoms with Crippen molar-refractivity contribution >= 4 is 0 Å². The summed E-state index contributed by atoms with van der Waals surface area (Å²) in [6.45, 7) is 2.04. The Kier molecular flexibility index (Phi) is 1.55. The van der Waals surface area contributed by atoms with Crippen molar-refractivity contribution in [3.63, 3.8) is 0 Å². The molecule has 1 aromatic heterocycles. The highest BCUT2D eigenvalue weighted by Crippen LogP contribution is 1.96. The third-order valence-corrected chi connectivity index (χ3v) is 1.15. The predicted octanol–water partition coefficient (Wildman–Crippen LogP) is 0.953. The maximum Gasteiger partial charge on any atom is 0.107 e. The van der Waals surface area contributed by atoms with Crippen molar-refractivity contribution in [2.75, 3.05) is 0 Å². The van der Waals surface area contributed by atoms with Gasteiger partial charge in [0.25, 0.3) is 0 Å². The molecule has 0 unspecified atom stereocenters. The molecule has 0 spiro atoms. The molecule has 0 radical (unpaired) electrons. The van der Waals surface area contributed by atoms with Gasteiger partial charge in [0, 0.05) is 0 Å². The normalized spacial score (nSPS) is 8.89. The molecule has 9 heavy (non-hydrogen) atoms. The van der Waals surface area contributed by atoms with Crippen LogP contribution in [0.4, 0.5) is 0 Å². The molecule has 2 heteroatoms. The molecule has 0 aliphatic heterocycles. The maximum atomic E-state index is 5.10. The second-order valence-corrected chi connectivity index (χ2v) is 1.77. The zero-order valence-electron chi connectivity index (χ0n) is 5.31. The van der Waals surface area contributed by atoms with Crippen molar-refractivity contribution in [3.05, 3.63) is 17.5 Å². The van der Waals surface area contributed by atoms with Gasteiger partial charge >= 0.3 is 0 Å². The molecule has 1 rings (SSSR count). The van der Waals surface area contributed by atoms with E-state index in [0.29, 0.717) is 0 Å². The smallest absolute Gasteiger partial charge is 0.107 e. The number of aromatic nitrogens is 2. The number of hydrogen-bond acceptors (Lipinski definition) is 1. The van der Waals surface area contributed by atoms with Crippen LogP contribution in [0.3, 0.4) is 0 Å². The Morgan fingerprint density at radius 3 is 3.00 bits per heavy atom. The average Bonchev–Trinajstić information content (AvgIpc) is 2.34. The molecule has 1 aromatic rings. The van der Waals surface area contributed by atoms with E-state index in [0.717, 1.165) is 17.8 Å². The lowest BCUT2D eigenvalue weighted by molar-refractivity contribution is 0.971. The first-order valence-electron chi connectivity index (χ1n) is 2.87. The summed E-state index contributed by atoms with van der Waals surface area (Å²) >= 11 is 0. The minimum atomic E-state index is 0.756. The molecule has 46 valence electrons. The third kappa shape index (κ3) is 1.11. The van der Waals surface area contributed by atoms with Crippen LogP contribution in [-0.4, -0.2) is 10.2 Å². The van der Waals surface area contributed by atoms with Crippen LogP contribution in [0.25, 0.3) is 0 Å². The van der Waals surface area contributed by atoms with Crippen LogP contribution in [0.1, 0.15) is 18.3 Å². The van der Waals surface area contributed by atoms with Gasteiger partial charge in [0.1, 0.15) is 5.69 Å². The average molecular weight is 120 g/mol. The molecule has 1 heterocycles. The number of nitrogens with zero attached hydrogens (tertiary/aromatic N) is 1.